The molecule has 0 N–H and O–H groups in total. The van der Waals surface area contributed by atoms with Crippen LogP contribution in [-0.2, 0) is 0 Å². The number of hydrogen-bond acceptors (Lipinski definition) is 0. The molecule has 0 aromatic carbocycles. The standard InChI is InChI=1S/C14H11F6/c15-13(16,17)10-4-9(5-11(6-10)14(18,19)20)12-3-7-1-8(12)2-7/h4-8H,1-3H2/q+1/i3D2. The highest BCUT2D eigenvalue weighted by Gasteiger charge is 2.49. The van der Waals surface area contributed by atoms with E-state index in [2.05, 4.69) is 0 Å². The number of allylic oxidation sites excluding steroid dienone is 6. The van der Waals surface area contributed by atoms with Crippen LogP contribution in [0.3, 0.4) is 0 Å². The Morgan fingerprint density at radius 1 is 1.05 bits per heavy atom. The van der Waals surface area contributed by atoms with E-state index < -0.39 is 29.9 Å². The van der Waals surface area contributed by atoms with Gasteiger partial charge in [0.25, 0.3) is 0 Å². The van der Waals surface area contributed by atoms with Crippen molar-refractivity contribution >= 4 is 0 Å². The van der Waals surface area contributed by atoms with Gasteiger partial charge in [-0.15, -0.1) is 0 Å². The van der Waals surface area contributed by atoms with Gasteiger partial charge in [0.1, 0.15) is 11.1 Å². The van der Waals surface area contributed by atoms with Crippen molar-refractivity contribution in [3.8, 4) is 0 Å². The Labute approximate surface area is 114 Å². The molecule has 4 rings (SSSR count). The molecule has 0 unspecified atom stereocenters. The molecule has 0 nitrogen and oxygen atoms in total. The number of halogens is 6. The fraction of sp³-hybridized carbons (Fsp3) is 0.500. The quantitative estimate of drug-likeness (QED) is 0.440. The van der Waals surface area contributed by atoms with E-state index in [9.17, 15) is 26.3 Å². The van der Waals surface area contributed by atoms with Crippen molar-refractivity contribution in [2.75, 3.05) is 0 Å². The van der Waals surface area contributed by atoms with Gasteiger partial charge in [-0.25, -0.2) is 0 Å². The van der Waals surface area contributed by atoms with E-state index in [1.807, 2.05) is 0 Å². The van der Waals surface area contributed by atoms with E-state index in [0.29, 0.717) is 25.3 Å². The van der Waals surface area contributed by atoms with E-state index in [1.165, 1.54) is 0 Å². The third-order valence-electron chi connectivity index (χ3n) is 3.80. The van der Waals surface area contributed by atoms with Gasteiger partial charge in [0.05, 0.1) is 5.57 Å². The summed E-state index contributed by atoms with van der Waals surface area (Å²) >= 11 is 0. The lowest BCUT2D eigenvalue weighted by molar-refractivity contribution is -0.0949. The summed E-state index contributed by atoms with van der Waals surface area (Å²) in [6.45, 7) is 0. The third-order valence-corrected chi connectivity index (χ3v) is 3.80. The highest BCUT2D eigenvalue weighted by atomic mass is 19.4. The fourth-order valence-corrected chi connectivity index (χ4v) is 2.74. The van der Waals surface area contributed by atoms with Crippen LogP contribution in [0.4, 0.5) is 26.3 Å². The van der Waals surface area contributed by atoms with E-state index >= 15 is 0 Å². The average Bonchev–Trinajstić information content (AvgIpc) is 2.69. The summed E-state index contributed by atoms with van der Waals surface area (Å²) < 4.78 is 93.0. The molecule has 0 aliphatic heterocycles. The van der Waals surface area contributed by atoms with Crippen molar-refractivity contribution in [2.45, 2.75) is 31.6 Å². The zero-order valence-electron chi connectivity index (χ0n) is 12.1. The number of alkyl halides is 6. The minimum atomic E-state index is -4.91. The van der Waals surface area contributed by atoms with Crippen molar-refractivity contribution in [3.63, 3.8) is 0 Å². The summed E-state index contributed by atoms with van der Waals surface area (Å²) in [6, 6.07) is 0. The van der Waals surface area contributed by atoms with Crippen LogP contribution in [0.5, 0.6) is 0 Å². The summed E-state index contributed by atoms with van der Waals surface area (Å²) in [7, 11) is 0. The van der Waals surface area contributed by atoms with E-state index in [0.717, 1.165) is 0 Å². The second-order valence-electron chi connectivity index (χ2n) is 5.22. The largest absolute Gasteiger partial charge is 0.434 e. The molecule has 20 heavy (non-hydrogen) atoms. The van der Waals surface area contributed by atoms with Crippen LogP contribution in [0.15, 0.2) is 34.4 Å². The van der Waals surface area contributed by atoms with Gasteiger partial charge in [-0.3, -0.25) is 0 Å². The van der Waals surface area contributed by atoms with Crippen LogP contribution in [0, 0.1) is 18.3 Å². The van der Waals surface area contributed by atoms with Crippen LogP contribution in [0.1, 0.15) is 22.0 Å². The normalized spacial score (nSPS) is 37.3. The van der Waals surface area contributed by atoms with E-state index in [1.54, 1.807) is 0 Å². The van der Waals surface area contributed by atoms with E-state index in [-0.39, 0.29) is 29.1 Å². The second-order valence-corrected chi connectivity index (χ2v) is 5.22. The maximum absolute atomic E-state index is 12.9. The average molecular weight is 295 g/mol. The zero-order chi connectivity index (χ0) is 16.5. The highest BCUT2D eigenvalue weighted by molar-refractivity contribution is 5.54. The van der Waals surface area contributed by atoms with Gasteiger partial charge in [0.2, 0.25) is 0 Å². The topological polar surface area (TPSA) is 0 Å². The summed E-state index contributed by atoms with van der Waals surface area (Å²) in [5.74, 6) is -0.569. The predicted octanol–water partition coefficient (Wildman–Crippen LogP) is 4.91. The molecule has 0 heterocycles. The number of fused-ring (bicyclic) bond motifs is 1. The van der Waals surface area contributed by atoms with Gasteiger partial charge in [0.15, 0.2) is 0 Å². The first-order valence-electron chi connectivity index (χ1n) is 7.08. The first-order chi connectivity index (χ1) is 9.90. The molecular formula is C14H11F6+. The Bertz CT molecular complexity index is 600. The number of hydrogen-bond donors (Lipinski definition) is 0. The molecule has 0 saturated heterocycles. The van der Waals surface area contributed by atoms with Crippen molar-refractivity contribution in [3.05, 3.63) is 40.9 Å². The molecule has 2 bridgehead atoms. The maximum atomic E-state index is 12.9. The van der Waals surface area contributed by atoms with Gasteiger partial charge in [-0.05, 0) is 18.8 Å². The minimum Gasteiger partial charge on any atom is -0.164 e. The Hall–Kier alpha value is -1.33. The van der Waals surface area contributed by atoms with Crippen molar-refractivity contribution < 1.29 is 29.1 Å². The Morgan fingerprint density at radius 3 is 2.15 bits per heavy atom. The van der Waals surface area contributed by atoms with Gasteiger partial charge in [-0.1, -0.05) is 0 Å². The third kappa shape index (κ3) is 2.25. The van der Waals surface area contributed by atoms with Gasteiger partial charge in [-0.2, -0.15) is 26.3 Å². The molecule has 0 amide bonds. The molecule has 6 heteroatoms. The summed E-state index contributed by atoms with van der Waals surface area (Å²) in [5, 5.41) is 0. The van der Waals surface area contributed by atoms with Gasteiger partial charge < -0.3 is 0 Å². The second kappa shape index (κ2) is 4.09. The first-order valence-corrected chi connectivity index (χ1v) is 6.08. The lowest BCUT2D eigenvalue weighted by atomic mass is 9.82. The lowest BCUT2D eigenvalue weighted by Gasteiger charge is -2.21. The lowest BCUT2D eigenvalue weighted by Crippen LogP contribution is -2.21. The van der Waals surface area contributed by atoms with Crippen LogP contribution in [-0.4, -0.2) is 12.4 Å². The molecule has 108 valence electrons. The summed E-state index contributed by atoms with van der Waals surface area (Å²) in [5.41, 5.74) is -3.00. The number of rotatable bonds is 0. The maximum Gasteiger partial charge on any atom is 0.434 e. The molecule has 4 aliphatic carbocycles. The molecule has 0 aromatic rings. The van der Waals surface area contributed by atoms with Crippen LogP contribution < -0.4 is 0 Å². The minimum absolute atomic E-state index is 0.0684. The zero-order valence-corrected chi connectivity index (χ0v) is 10.1. The van der Waals surface area contributed by atoms with Crippen molar-refractivity contribution in [1.82, 2.24) is 0 Å². The Morgan fingerprint density at radius 2 is 1.70 bits per heavy atom. The molecule has 3 saturated carbocycles. The molecule has 3 fully saturated rings. The smallest absolute Gasteiger partial charge is 0.164 e. The van der Waals surface area contributed by atoms with Crippen LogP contribution in [0.2, 0.25) is 0 Å². The first kappa shape index (κ1) is 11.3. The summed E-state index contributed by atoms with van der Waals surface area (Å²) in [4.78, 5) is 0. The predicted molar refractivity (Wildman–Crippen MR) is 60.4 cm³/mol. The fourth-order valence-electron chi connectivity index (χ4n) is 2.74. The molecule has 0 spiro atoms. The molecule has 0 radical (unpaired) electrons. The van der Waals surface area contributed by atoms with Gasteiger partial charge >= 0.3 is 12.4 Å². The highest BCUT2D eigenvalue weighted by Crippen LogP contribution is 2.54. The monoisotopic (exact) mass is 295 g/mol. The van der Waals surface area contributed by atoms with Crippen molar-refractivity contribution in [1.29, 1.82) is 0 Å². The summed E-state index contributed by atoms with van der Waals surface area (Å²) in [6.07, 6.45) is -9.36. The molecule has 4 aliphatic rings. The molecule has 0 atom stereocenters. The molecule has 0 aromatic heterocycles. The van der Waals surface area contributed by atoms with E-state index in [4.69, 9.17) is 2.74 Å². The van der Waals surface area contributed by atoms with Gasteiger partial charge in [0, 0.05) is 39.2 Å². The Balaban J connectivity index is 2.11. The van der Waals surface area contributed by atoms with Crippen LogP contribution in [0.25, 0.3) is 0 Å². The SMILES string of the molecule is [2H]C1([2H])/C(=C2/C=C(C(F)(F)F)C=C(C(F)(F)F)[CH+]2)C2CC1C2. The van der Waals surface area contributed by atoms with Crippen LogP contribution >= 0.6 is 0 Å². The van der Waals surface area contributed by atoms with Crippen molar-refractivity contribution in [2.24, 2.45) is 11.8 Å². The molecular weight excluding hydrogens is 282 g/mol. The Kier molecular flexibility index (Phi) is 2.32.